The Labute approximate surface area is 191 Å². The molecule has 1 amide bonds. The molecule has 5 rings (SSSR count). The average molecular weight is 437 g/mol. The minimum atomic E-state index is -0.181. The zero-order valence-electron chi connectivity index (χ0n) is 18.8. The molecule has 0 aliphatic rings. The summed E-state index contributed by atoms with van der Waals surface area (Å²) in [6, 6.07) is 22.8. The maximum atomic E-state index is 13.1. The van der Waals surface area contributed by atoms with Crippen molar-refractivity contribution in [3.05, 3.63) is 99.8 Å². The summed E-state index contributed by atoms with van der Waals surface area (Å²) in [5, 5.41) is 3.06. The molecule has 0 saturated heterocycles. The molecule has 33 heavy (non-hydrogen) atoms. The van der Waals surface area contributed by atoms with Gasteiger partial charge in [0.2, 0.25) is 11.7 Å². The Morgan fingerprint density at radius 1 is 0.879 bits per heavy atom. The lowest BCUT2D eigenvalue weighted by Crippen LogP contribution is -2.21. The van der Waals surface area contributed by atoms with E-state index < -0.39 is 0 Å². The zero-order chi connectivity index (χ0) is 23.1. The van der Waals surface area contributed by atoms with Gasteiger partial charge in [0, 0.05) is 17.3 Å². The summed E-state index contributed by atoms with van der Waals surface area (Å²) in [7, 11) is 0. The summed E-state index contributed by atoms with van der Waals surface area (Å²) >= 11 is 0. The minimum absolute atomic E-state index is 0.0362. The number of hydrogen-bond donors (Lipinski definition) is 1. The van der Waals surface area contributed by atoms with Crippen molar-refractivity contribution in [1.82, 2.24) is 14.0 Å². The molecule has 5 aromatic rings. The van der Waals surface area contributed by atoms with Crippen LogP contribution in [0.4, 0.5) is 5.69 Å². The van der Waals surface area contributed by atoms with E-state index in [0.29, 0.717) is 11.5 Å². The van der Waals surface area contributed by atoms with Crippen molar-refractivity contribution < 1.29 is 4.79 Å². The highest BCUT2D eigenvalue weighted by Crippen LogP contribution is 2.24. The molecule has 0 aliphatic carbocycles. The predicted molar refractivity (Wildman–Crippen MR) is 132 cm³/mol. The third-order valence-corrected chi connectivity index (χ3v) is 5.87. The molecule has 6 heteroatoms. The van der Waals surface area contributed by atoms with Crippen LogP contribution in [0.25, 0.3) is 28.1 Å². The van der Waals surface area contributed by atoms with Gasteiger partial charge in [-0.2, -0.15) is 0 Å². The summed E-state index contributed by atoms with van der Waals surface area (Å²) in [5.41, 5.74) is 6.76. The Morgan fingerprint density at radius 3 is 2.21 bits per heavy atom. The van der Waals surface area contributed by atoms with Crippen LogP contribution in [0.3, 0.4) is 0 Å². The number of imidazole rings is 1. The van der Waals surface area contributed by atoms with Gasteiger partial charge in [-0.1, -0.05) is 60.2 Å². The second-order valence-electron chi connectivity index (χ2n) is 8.38. The maximum Gasteiger partial charge on any atom is 0.260 e. The van der Waals surface area contributed by atoms with Crippen LogP contribution in [0.15, 0.2) is 77.6 Å². The van der Waals surface area contributed by atoms with Gasteiger partial charge in [-0.05, 0) is 44.0 Å². The van der Waals surface area contributed by atoms with Crippen molar-refractivity contribution in [2.24, 2.45) is 0 Å². The quantitative estimate of drug-likeness (QED) is 0.437. The topological polar surface area (TPSA) is 68.4 Å². The van der Waals surface area contributed by atoms with Crippen LogP contribution in [-0.4, -0.2) is 19.9 Å². The predicted octanol–water partition coefficient (Wildman–Crippen LogP) is 4.88. The summed E-state index contributed by atoms with van der Waals surface area (Å²) in [6.07, 6.45) is 0. The molecule has 0 saturated carbocycles. The first-order chi connectivity index (χ1) is 15.9. The largest absolute Gasteiger partial charge is 0.324 e. The summed E-state index contributed by atoms with van der Waals surface area (Å²) in [5.74, 6) is 0.266. The summed E-state index contributed by atoms with van der Waals surface area (Å²) in [4.78, 5) is 31.1. The summed E-state index contributed by atoms with van der Waals surface area (Å²) in [6.45, 7) is 6.05. The van der Waals surface area contributed by atoms with Crippen LogP contribution < -0.4 is 10.9 Å². The number of aromatic nitrogens is 3. The van der Waals surface area contributed by atoms with Crippen LogP contribution in [0.1, 0.15) is 16.7 Å². The fourth-order valence-corrected chi connectivity index (χ4v) is 4.48. The lowest BCUT2D eigenvalue weighted by atomic mass is 10.1. The van der Waals surface area contributed by atoms with E-state index in [0.717, 1.165) is 39.0 Å². The molecule has 0 spiro atoms. The molecule has 6 nitrogen and oxygen atoms in total. The highest BCUT2D eigenvalue weighted by molar-refractivity contribution is 5.94. The van der Waals surface area contributed by atoms with Crippen molar-refractivity contribution >= 4 is 28.4 Å². The number of benzene rings is 3. The van der Waals surface area contributed by atoms with Crippen molar-refractivity contribution in [3.63, 3.8) is 0 Å². The number of anilines is 1. The molecule has 0 aliphatic heterocycles. The van der Waals surface area contributed by atoms with E-state index in [1.54, 1.807) is 8.97 Å². The molecular formula is C27H24N4O2. The number of carbonyl (C=O) groups excluding carboxylic acids is 1. The van der Waals surface area contributed by atoms with Gasteiger partial charge in [0.05, 0.1) is 16.7 Å². The third kappa shape index (κ3) is 3.69. The van der Waals surface area contributed by atoms with Gasteiger partial charge >= 0.3 is 0 Å². The second-order valence-corrected chi connectivity index (χ2v) is 8.38. The van der Waals surface area contributed by atoms with Crippen molar-refractivity contribution in [2.45, 2.75) is 27.3 Å². The number of carbonyl (C=O) groups is 1. The fraction of sp³-hybridized carbons (Fsp3) is 0.148. The molecule has 2 aromatic heterocycles. The number of para-hydroxylation sites is 2. The van der Waals surface area contributed by atoms with Crippen molar-refractivity contribution in [2.75, 3.05) is 5.32 Å². The van der Waals surface area contributed by atoms with Gasteiger partial charge in [-0.25, -0.2) is 9.38 Å². The van der Waals surface area contributed by atoms with Gasteiger partial charge in [0.1, 0.15) is 6.54 Å². The van der Waals surface area contributed by atoms with E-state index in [4.69, 9.17) is 4.98 Å². The Hall–Kier alpha value is -4.19. The number of fused-ring (bicyclic) bond motifs is 3. The Morgan fingerprint density at radius 2 is 1.52 bits per heavy atom. The lowest BCUT2D eigenvalue weighted by molar-refractivity contribution is -0.116. The molecule has 0 unspecified atom stereocenters. The number of rotatable bonds is 4. The lowest BCUT2D eigenvalue weighted by Gasteiger charge is -2.13. The van der Waals surface area contributed by atoms with Gasteiger partial charge in [0.25, 0.3) is 5.56 Å². The minimum Gasteiger partial charge on any atom is -0.324 e. The standard InChI is InChI=1S/C27H24N4O2/c1-17-13-18(2)26(19(3)14-17)29-24(32)16-30-22-11-7-8-12-23(22)31-25(33)15-21(28-27(30)31)20-9-5-4-6-10-20/h4-15H,16H2,1-3H3,(H,29,32). The first-order valence-electron chi connectivity index (χ1n) is 10.9. The SMILES string of the molecule is Cc1cc(C)c(NC(=O)Cn2c3ccccc3n3c(=O)cc(-c4ccccc4)nc23)c(C)c1. The molecular weight excluding hydrogens is 412 g/mol. The first-order valence-corrected chi connectivity index (χ1v) is 10.9. The Bertz CT molecular complexity index is 1560. The van der Waals surface area contributed by atoms with Crippen LogP contribution in [0.5, 0.6) is 0 Å². The van der Waals surface area contributed by atoms with E-state index in [2.05, 4.69) is 17.4 Å². The van der Waals surface area contributed by atoms with Crippen LogP contribution in [0.2, 0.25) is 0 Å². The van der Waals surface area contributed by atoms with E-state index in [-0.39, 0.29) is 18.0 Å². The highest BCUT2D eigenvalue weighted by atomic mass is 16.2. The molecule has 164 valence electrons. The molecule has 0 radical (unpaired) electrons. The first kappa shape index (κ1) is 20.7. The number of nitrogens with zero attached hydrogens (tertiary/aromatic N) is 3. The molecule has 2 heterocycles. The van der Waals surface area contributed by atoms with E-state index in [1.165, 1.54) is 6.07 Å². The summed E-state index contributed by atoms with van der Waals surface area (Å²) < 4.78 is 3.37. The van der Waals surface area contributed by atoms with E-state index in [1.807, 2.05) is 75.4 Å². The van der Waals surface area contributed by atoms with E-state index >= 15 is 0 Å². The van der Waals surface area contributed by atoms with Gasteiger partial charge in [-0.15, -0.1) is 0 Å². The normalized spacial score (nSPS) is 11.2. The van der Waals surface area contributed by atoms with Gasteiger partial charge in [0.15, 0.2) is 0 Å². The van der Waals surface area contributed by atoms with Crippen LogP contribution in [0, 0.1) is 20.8 Å². The van der Waals surface area contributed by atoms with E-state index in [9.17, 15) is 9.59 Å². The number of nitrogens with one attached hydrogen (secondary N) is 1. The van der Waals surface area contributed by atoms with Gasteiger partial charge < -0.3 is 9.88 Å². The molecule has 0 atom stereocenters. The molecule has 0 fully saturated rings. The van der Waals surface area contributed by atoms with Crippen molar-refractivity contribution in [3.8, 4) is 11.3 Å². The second kappa shape index (κ2) is 8.06. The highest BCUT2D eigenvalue weighted by Gasteiger charge is 2.18. The number of hydrogen-bond acceptors (Lipinski definition) is 3. The monoisotopic (exact) mass is 436 g/mol. The Balaban J connectivity index is 1.63. The number of aryl methyl sites for hydroxylation is 3. The Kier molecular flexibility index (Phi) is 5.05. The molecule has 0 bridgehead atoms. The average Bonchev–Trinajstić information content (AvgIpc) is 3.11. The van der Waals surface area contributed by atoms with Crippen LogP contribution in [-0.2, 0) is 11.3 Å². The van der Waals surface area contributed by atoms with Crippen LogP contribution >= 0.6 is 0 Å². The third-order valence-electron chi connectivity index (χ3n) is 5.87. The zero-order valence-corrected chi connectivity index (χ0v) is 18.8. The molecule has 3 aromatic carbocycles. The number of amides is 1. The molecule has 1 N–H and O–H groups in total. The maximum absolute atomic E-state index is 13.1. The van der Waals surface area contributed by atoms with Gasteiger partial charge in [-0.3, -0.25) is 9.59 Å². The smallest absolute Gasteiger partial charge is 0.260 e. The fourth-order valence-electron chi connectivity index (χ4n) is 4.48. The van der Waals surface area contributed by atoms with Crippen molar-refractivity contribution in [1.29, 1.82) is 0 Å².